The van der Waals surface area contributed by atoms with Crippen LogP contribution in [-0.2, 0) is 9.59 Å². The standard InChI is InChI=1S/C16H21N3O2/c1-11-9-13(18-16(21)12-6-7-17-10-12)4-5-14(11)19-8-2-3-15(19)20/h4-5,9,12,17H,2-3,6-8,10H2,1H3,(H,18,21). The molecule has 2 amide bonds. The van der Waals surface area contributed by atoms with Crippen LogP contribution in [0.25, 0.3) is 0 Å². The predicted octanol–water partition coefficient (Wildman–Crippen LogP) is 1.67. The first-order chi connectivity index (χ1) is 10.1. The molecule has 1 aromatic carbocycles. The summed E-state index contributed by atoms with van der Waals surface area (Å²) in [6, 6.07) is 5.76. The molecule has 5 heteroatoms. The number of hydrogen-bond acceptors (Lipinski definition) is 3. The zero-order chi connectivity index (χ0) is 14.8. The van der Waals surface area contributed by atoms with Crippen LogP contribution in [0, 0.1) is 12.8 Å². The number of benzene rings is 1. The summed E-state index contributed by atoms with van der Waals surface area (Å²) in [4.78, 5) is 25.8. The first-order valence-corrected chi connectivity index (χ1v) is 7.58. The van der Waals surface area contributed by atoms with E-state index in [0.717, 1.165) is 49.4 Å². The van der Waals surface area contributed by atoms with Crippen LogP contribution in [0.2, 0.25) is 0 Å². The Morgan fingerprint density at radius 1 is 1.43 bits per heavy atom. The van der Waals surface area contributed by atoms with Crippen molar-refractivity contribution in [3.63, 3.8) is 0 Å². The van der Waals surface area contributed by atoms with Gasteiger partial charge in [-0.05, 0) is 50.1 Å². The summed E-state index contributed by atoms with van der Waals surface area (Å²) in [5, 5.41) is 6.17. The number of aryl methyl sites for hydroxylation is 1. The summed E-state index contributed by atoms with van der Waals surface area (Å²) >= 11 is 0. The molecule has 0 aliphatic carbocycles. The number of carbonyl (C=O) groups excluding carboxylic acids is 2. The molecule has 1 unspecified atom stereocenters. The summed E-state index contributed by atoms with van der Waals surface area (Å²) in [5.41, 5.74) is 2.78. The SMILES string of the molecule is Cc1cc(NC(=O)C2CCNC2)ccc1N1CCCC1=O. The molecule has 0 aromatic heterocycles. The molecule has 2 N–H and O–H groups in total. The monoisotopic (exact) mass is 287 g/mol. The van der Waals surface area contributed by atoms with Gasteiger partial charge in [0.05, 0.1) is 5.92 Å². The van der Waals surface area contributed by atoms with Crippen molar-refractivity contribution in [2.24, 2.45) is 5.92 Å². The third-order valence-corrected chi connectivity index (χ3v) is 4.26. The summed E-state index contributed by atoms with van der Waals surface area (Å²) in [5.74, 6) is 0.321. The molecule has 112 valence electrons. The Kier molecular flexibility index (Phi) is 3.92. The van der Waals surface area contributed by atoms with Crippen LogP contribution in [0.15, 0.2) is 18.2 Å². The molecule has 2 fully saturated rings. The first-order valence-electron chi connectivity index (χ1n) is 7.58. The first kappa shape index (κ1) is 14.1. The number of nitrogens with one attached hydrogen (secondary N) is 2. The van der Waals surface area contributed by atoms with E-state index >= 15 is 0 Å². The smallest absolute Gasteiger partial charge is 0.228 e. The van der Waals surface area contributed by atoms with Crippen LogP contribution < -0.4 is 15.5 Å². The molecule has 5 nitrogen and oxygen atoms in total. The van der Waals surface area contributed by atoms with Crippen molar-refractivity contribution < 1.29 is 9.59 Å². The number of nitrogens with zero attached hydrogens (tertiary/aromatic N) is 1. The zero-order valence-electron chi connectivity index (χ0n) is 12.3. The van der Waals surface area contributed by atoms with Gasteiger partial charge in [-0.1, -0.05) is 0 Å². The van der Waals surface area contributed by atoms with Crippen molar-refractivity contribution in [2.75, 3.05) is 29.9 Å². The van der Waals surface area contributed by atoms with Crippen LogP contribution in [0.3, 0.4) is 0 Å². The Morgan fingerprint density at radius 2 is 2.29 bits per heavy atom. The highest BCUT2D eigenvalue weighted by molar-refractivity contribution is 5.97. The minimum atomic E-state index is 0.0603. The third-order valence-electron chi connectivity index (χ3n) is 4.26. The number of anilines is 2. The molecule has 21 heavy (non-hydrogen) atoms. The van der Waals surface area contributed by atoms with E-state index in [4.69, 9.17) is 0 Å². The van der Waals surface area contributed by atoms with Gasteiger partial charge in [0, 0.05) is 30.9 Å². The van der Waals surface area contributed by atoms with Crippen LogP contribution in [0.1, 0.15) is 24.8 Å². The average Bonchev–Trinajstić information content (AvgIpc) is 3.10. The second kappa shape index (κ2) is 5.85. The van der Waals surface area contributed by atoms with E-state index in [1.807, 2.05) is 30.0 Å². The molecular formula is C16H21N3O2. The lowest BCUT2D eigenvalue weighted by molar-refractivity contribution is -0.119. The van der Waals surface area contributed by atoms with Gasteiger partial charge >= 0.3 is 0 Å². The van der Waals surface area contributed by atoms with E-state index in [1.54, 1.807) is 0 Å². The van der Waals surface area contributed by atoms with E-state index < -0.39 is 0 Å². The van der Waals surface area contributed by atoms with E-state index in [2.05, 4.69) is 10.6 Å². The Bertz CT molecular complexity index is 565. The molecule has 0 radical (unpaired) electrons. The van der Waals surface area contributed by atoms with Gasteiger partial charge in [-0.15, -0.1) is 0 Å². The third kappa shape index (κ3) is 2.93. The van der Waals surface area contributed by atoms with Crippen molar-refractivity contribution >= 4 is 23.2 Å². The van der Waals surface area contributed by atoms with Gasteiger partial charge in [-0.25, -0.2) is 0 Å². The second-order valence-corrected chi connectivity index (χ2v) is 5.83. The average molecular weight is 287 g/mol. The summed E-state index contributed by atoms with van der Waals surface area (Å²) in [7, 11) is 0. The minimum absolute atomic E-state index is 0.0603. The highest BCUT2D eigenvalue weighted by Crippen LogP contribution is 2.27. The number of amides is 2. The highest BCUT2D eigenvalue weighted by Gasteiger charge is 2.24. The minimum Gasteiger partial charge on any atom is -0.326 e. The molecule has 2 saturated heterocycles. The predicted molar refractivity (Wildman–Crippen MR) is 82.4 cm³/mol. The molecule has 1 aromatic rings. The molecule has 0 spiro atoms. The summed E-state index contributed by atoms with van der Waals surface area (Å²) < 4.78 is 0. The van der Waals surface area contributed by atoms with Gasteiger partial charge in [0.25, 0.3) is 0 Å². The normalized spacial score (nSPS) is 21.9. The lowest BCUT2D eigenvalue weighted by atomic mass is 10.1. The lowest BCUT2D eigenvalue weighted by Gasteiger charge is -2.19. The lowest BCUT2D eigenvalue weighted by Crippen LogP contribution is -2.26. The van der Waals surface area contributed by atoms with Crippen LogP contribution in [0.5, 0.6) is 0 Å². The maximum Gasteiger partial charge on any atom is 0.228 e. The number of rotatable bonds is 3. The number of hydrogen-bond donors (Lipinski definition) is 2. The van der Waals surface area contributed by atoms with E-state index in [1.165, 1.54) is 0 Å². The van der Waals surface area contributed by atoms with Gasteiger partial charge in [0.15, 0.2) is 0 Å². The van der Waals surface area contributed by atoms with Crippen LogP contribution in [0.4, 0.5) is 11.4 Å². The quantitative estimate of drug-likeness (QED) is 0.889. The molecule has 2 aliphatic heterocycles. The fourth-order valence-electron chi connectivity index (χ4n) is 3.06. The van der Waals surface area contributed by atoms with Gasteiger partial charge in [-0.2, -0.15) is 0 Å². The van der Waals surface area contributed by atoms with E-state index in [-0.39, 0.29) is 17.7 Å². The molecule has 0 bridgehead atoms. The number of carbonyl (C=O) groups is 2. The van der Waals surface area contributed by atoms with Crippen molar-refractivity contribution in [1.82, 2.24) is 5.32 Å². The molecule has 0 saturated carbocycles. The molecular weight excluding hydrogens is 266 g/mol. The molecule has 2 aliphatic rings. The maximum atomic E-state index is 12.1. The van der Waals surface area contributed by atoms with Crippen molar-refractivity contribution in [1.29, 1.82) is 0 Å². The van der Waals surface area contributed by atoms with Gasteiger partial charge in [-0.3, -0.25) is 9.59 Å². The van der Waals surface area contributed by atoms with Gasteiger partial charge < -0.3 is 15.5 Å². The molecule has 1 atom stereocenters. The van der Waals surface area contributed by atoms with E-state index in [9.17, 15) is 9.59 Å². The maximum absolute atomic E-state index is 12.1. The summed E-state index contributed by atoms with van der Waals surface area (Å²) in [6.07, 6.45) is 2.45. The van der Waals surface area contributed by atoms with Crippen LogP contribution in [-0.4, -0.2) is 31.4 Å². The van der Waals surface area contributed by atoms with Crippen molar-refractivity contribution in [3.05, 3.63) is 23.8 Å². The Hall–Kier alpha value is -1.88. The fraction of sp³-hybridized carbons (Fsp3) is 0.500. The van der Waals surface area contributed by atoms with Crippen LogP contribution >= 0.6 is 0 Å². The zero-order valence-corrected chi connectivity index (χ0v) is 12.3. The Morgan fingerprint density at radius 3 is 2.90 bits per heavy atom. The van der Waals surface area contributed by atoms with Gasteiger partial charge in [0.2, 0.25) is 11.8 Å². The second-order valence-electron chi connectivity index (χ2n) is 5.83. The van der Waals surface area contributed by atoms with Gasteiger partial charge in [0.1, 0.15) is 0 Å². The molecule has 3 rings (SSSR count). The molecule has 2 heterocycles. The Balaban J connectivity index is 1.71. The summed E-state index contributed by atoms with van der Waals surface area (Å²) in [6.45, 7) is 4.44. The largest absolute Gasteiger partial charge is 0.326 e. The highest BCUT2D eigenvalue weighted by atomic mass is 16.2. The van der Waals surface area contributed by atoms with Crippen molar-refractivity contribution in [2.45, 2.75) is 26.2 Å². The topological polar surface area (TPSA) is 61.4 Å². The fourth-order valence-corrected chi connectivity index (χ4v) is 3.06. The van der Waals surface area contributed by atoms with Crippen molar-refractivity contribution in [3.8, 4) is 0 Å². The van der Waals surface area contributed by atoms with E-state index in [0.29, 0.717) is 6.42 Å². The Labute approximate surface area is 124 Å².